The Morgan fingerprint density at radius 3 is 2.26 bits per heavy atom. The molecule has 34 heavy (non-hydrogen) atoms. The van der Waals surface area contributed by atoms with Gasteiger partial charge in [0.15, 0.2) is 0 Å². The molecule has 3 aromatic rings. The number of anilines is 1. The Kier molecular flexibility index (Phi) is 8.68. The maximum Gasteiger partial charge on any atom is 0.321 e. The van der Waals surface area contributed by atoms with E-state index in [9.17, 15) is 9.59 Å². The number of carboxylic acids is 1. The molecule has 0 fully saturated rings. The van der Waals surface area contributed by atoms with Gasteiger partial charge in [0.05, 0.1) is 6.42 Å². The average molecular weight is 481 g/mol. The van der Waals surface area contributed by atoms with Crippen molar-refractivity contribution in [3.63, 3.8) is 0 Å². The second kappa shape index (κ2) is 11.7. The Labute approximate surface area is 205 Å². The Morgan fingerprint density at radius 2 is 1.59 bits per heavy atom. The van der Waals surface area contributed by atoms with Gasteiger partial charge in [-0.2, -0.15) is 0 Å². The van der Waals surface area contributed by atoms with Crippen LogP contribution in [0, 0.1) is 0 Å². The van der Waals surface area contributed by atoms with Crippen LogP contribution in [0.3, 0.4) is 0 Å². The number of halogens is 1. The van der Waals surface area contributed by atoms with Crippen molar-refractivity contribution < 1.29 is 19.4 Å². The molecule has 1 aliphatic heterocycles. The second-order valence-electron chi connectivity index (χ2n) is 8.33. The van der Waals surface area contributed by atoms with Gasteiger partial charge in [0.1, 0.15) is 18.4 Å². The topological polar surface area (TPSA) is 92.9 Å². The summed E-state index contributed by atoms with van der Waals surface area (Å²) in [5.41, 5.74) is 11.1. The molecule has 1 heterocycles. The van der Waals surface area contributed by atoms with E-state index in [1.807, 2.05) is 24.3 Å². The zero-order valence-corrected chi connectivity index (χ0v) is 19.7. The molecule has 1 amide bonds. The van der Waals surface area contributed by atoms with E-state index in [0.717, 1.165) is 35.4 Å². The van der Waals surface area contributed by atoms with Crippen molar-refractivity contribution in [1.82, 2.24) is 0 Å². The van der Waals surface area contributed by atoms with E-state index in [4.69, 9.17) is 15.6 Å². The highest BCUT2D eigenvalue weighted by molar-refractivity contribution is 5.97. The first-order valence-corrected chi connectivity index (χ1v) is 11.2. The number of benzene rings is 3. The molecule has 7 heteroatoms. The number of aliphatic carboxylic acids is 1. The summed E-state index contributed by atoms with van der Waals surface area (Å²) in [6.07, 6.45) is 2.52. The molecule has 0 radical (unpaired) electrons. The fourth-order valence-corrected chi connectivity index (χ4v) is 4.01. The predicted octanol–water partition coefficient (Wildman–Crippen LogP) is 4.16. The molecule has 1 atom stereocenters. The summed E-state index contributed by atoms with van der Waals surface area (Å²) >= 11 is 0. The fourth-order valence-electron chi connectivity index (χ4n) is 4.01. The number of hydrogen-bond donors (Lipinski definition) is 2. The summed E-state index contributed by atoms with van der Waals surface area (Å²) in [6, 6.07) is 23.4. The van der Waals surface area contributed by atoms with Gasteiger partial charge in [-0.3, -0.25) is 9.59 Å². The average Bonchev–Trinajstić information content (AvgIpc) is 3.26. The zero-order chi connectivity index (χ0) is 23.2. The normalized spacial score (nSPS) is 13.0. The van der Waals surface area contributed by atoms with Gasteiger partial charge in [0, 0.05) is 12.2 Å². The molecule has 1 aliphatic rings. The number of carbonyl (C=O) groups is 2. The van der Waals surface area contributed by atoms with Gasteiger partial charge in [-0.15, -0.1) is 12.4 Å². The van der Waals surface area contributed by atoms with Crippen LogP contribution in [0.5, 0.6) is 5.75 Å². The van der Waals surface area contributed by atoms with Gasteiger partial charge >= 0.3 is 5.97 Å². The minimum atomic E-state index is -1.19. The standard InChI is InChI=1S/C27H28N2O4.ClH/c28-24(27(31)32)17-26(30)29-15-14-22-16-23(12-13-25(22)29)33-18-21-10-8-20(9-11-21)7-6-19-4-2-1-3-5-19;/h1-5,8-13,16,24H,6-7,14-15,17-18,28H2,(H,31,32);1H/t24-;/m1./s1. The van der Waals surface area contributed by atoms with Crippen molar-refractivity contribution in [3.8, 4) is 5.75 Å². The van der Waals surface area contributed by atoms with Crippen LogP contribution in [0.2, 0.25) is 0 Å². The number of carboxylic acid groups (broad SMARTS) is 1. The van der Waals surface area contributed by atoms with Gasteiger partial charge in [0.25, 0.3) is 0 Å². The van der Waals surface area contributed by atoms with E-state index in [1.165, 1.54) is 11.1 Å². The lowest BCUT2D eigenvalue weighted by molar-refractivity contribution is -0.140. The quantitative estimate of drug-likeness (QED) is 0.479. The third kappa shape index (κ3) is 6.37. The highest BCUT2D eigenvalue weighted by Gasteiger charge is 2.27. The molecule has 0 saturated heterocycles. The predicted molar refractivity (Wildman–Crippen MR) is 135 cm³/mol. The molecule has 6 nitrogen and oxygen atoms in total. The van der Waals surface area contributed by atoms with Crippen LogP contribution in [0.1, 0.15) is 28.7 Å². The number of nitrogens with two attached hydrogens (primary N) is 1. The molecule has 0 aromatic heterocycles. The smallest absolute Gasteiger partial charge is 0.321 e. The molecule has 3 aromatic carbocycles. The number of rotatable bonds is 9. The Morgan fingerprint density at radius 1 is 0.941 bits per heavy atom. The van der Waals surface area contributed by atoms with Crippen LogP contribution < -0.4 is 15.4 Å². The third-order valence-electron chi connectivity index (χ3n) is 5.93. The summed E-state index contributed by atoms with van der Waals surface area (Å²) < 4.78 is 5.98. The molecule has 0 unspecified atom stereocenters. The Bertz CT molecular complexity index is 1120. The van der Waals surface area contributed by atoms with E-state index >= 15 is 0 Å². The van der Waals surface area contributed by atoms with Crippen LogP contribution in [0.15, 0.2) is 72.8 Å². The maximum absolute atomic E-state index is 12.4. The first-order valence-electron chi connectivity index (χ1n) is 11.2. The lowest BCUT2D eigenvalue weighted by Crippen LogP contribution is -2.38. The number of carbonyl (C=O) groups excluding carboxylic acids is 1. The van der Waals surface area contributed by atoms with E-state index in [-0.39, 0.29) is 24.7 Å². The van der Waals surface area contributed by atoms with Gasteiger partial charge in [-0.1, -0.05) is 54.6 Å². The van der Waals surface area contributed by atoms with Crippen LogP contribution in [0.25, 0.3) is 0 Å². The number of nitrogens with zero attached hydrogens (tertiary/aromatic N) is 1. The Hall–Kier alpha value is -3.35. The second-order valence-corrected chi connectivity index (χ2v) is 8.33. The SMILES string of the molecule is Cl.N[C@H](CC(=O)N1CCc2cc(OCc3ccc(CCc4ccccc4)cc3)ccc21)C(=O)O. The van der Waals surface area contributed by atoms with Gasteiger partial charge in [0.2, 0.25) is 5.91 Å². The number of amides is 1. The molecule has 3 N–H and O–H groups in total. The summed E-state index contributed by atoms with van der Waals surface area (Å²) in [5.74, 6) is -0.696. The van der Waals surface area contributed by atoms with Crippen molar-refractivity contribution in [2.24, 2.45) is 5.73 Å². The molecule has 0 aliphatic carbocycles. The van der Waals surface area contributed by atoms with Crippen LogP contribution in [0.4, 0.5) is 5.69 Å². The number of hydrogen-bond acceptors (Lipinski definition) is 4. The molecule has 178 valence electrons. The number of aryl methyl sites for hydroxylation is 2. The van der Waals surface area contributed by atoms with Crippen LogP contribution >= 0.6 is 12.4 Å². The molecule has 0 saturated carbocycles. The monoisotopic (exact) mass is 480 g/mol. The van der Waals surface area contributed by atoms with Gasteiger partial charge in [-0.25, -0.2) is 0 Å². The highest BCUT2D eigenvalue weighted by Crippen LogP contribution is 2.32. The first-order chi connectivity index (χ1) is 16.0. The van der Waals surface area contributed by atoms with Gasteiger partial charge < -0.3 is 20.5 Å². The van der Waals surface area contributed by atoms with Crippen molar-refractivity contribution in [1.29, 1.82) is 0 Å². The molecule has 4 rings (SSSR count). The highest BCUT2D eigenvalue weighted by atomic mass is 35.5. The fraction of sp³-hybridized carbons (Fsp3) is 0.259. The maximum atomic E-state index is 12.4. The minimum Gasteiger partial charge on any atom is -0.489 e. The number of ether oxygens (including phenoxy) is 1. The van der Waals surface area contributed by atoms with E-state index in [0.29, 0.717) is 19.6 Å². The first kappa shape index (κ1) is 25.3. The minimum absolute atomic E-state index is 0. The summed E-state index contributed by atoms with van der Waals surface area (Å²) in [4.78, 5) is 25.0. The number of fused-ring (bicyclic) bond motifs is 1. The summed E-state index contributed by atoms with van der Waals surface area (Å²) in [6.45, 7) is 0.988. The van der Waals surface area contributed by atoms with Crippen LogP contribution in [-0.4, -0.2) is 29.6 Å². The largest absolute Gasteiger partial charge is 0.489 e. The lowest BCUT2D eigenvalue weighted by atomic mass is 10.0. The molecular weight excluding hydrogens is 452 g/mol. The van der Waals surface area contributed by atoms with E-state index in [1.54, 1.807) is 4.90 Å². The molecule has 0 bridgehead atoms. The van der Waals surface area contributed by atoms with Crippen molar-refractivity contribution >= 4 is 30.0 Å². The Balaban J connectivity index is 0.00000324. The van der Waals surface area contributed by atoms with Crippen molar-refractivity contribution in [2.75, 3.05) is 11.4 Å². The summed E-state index contributed by atoms with van der Waals surface area (Å²) in [5, 5.41) is 8.94. The van der Waals surface area contributed by atoms with Crippen molar-refractivity contribution in [2.45, 2.75) is 38.3 Å². The van der Waals surface area contributed by atoms with Gasteiger partial charge in [-0.05, 0) is 59.7 Å². The third-order valence-corrected chi connectivity index (χ3v) is 5.93. The molecule has 0 spiro atoms. The van der Waals surface area contributed by atoms with E-state index in [2.05, 4.69) is 48.5 Å². The molecular formula is C27H29ClN2O4. The van der Waals surface area contributed by atoms with E-state index < -0.39 is 12.0 Å². The zero-order valence-electron chi connectivity index (χ0n) is 18.9. The van der Waals surface area contributed by atoms with Crippen LogP contribution in [-0.2, 0) is 35.5 Å². The summed E-state index contributed by atoms with van der Waals surface area (Å²) in [7, 11) is 0. The lowest BCUT2D eigenvalue weighted by Gasteiger charge is -2.18. The van der Waals surface area contributed by atoms with Crippen molar-refractivity contribution in [3.05, 3.63) is 95.1 Å².